The van der Waals surface area contributed by atoms with Gasteiger partial charge in [0.2, 0.25) is 0 Å². The summed E-state index contributed by atoms with van der Waals surface area (Å²) >= 11 is 0. The smallest absolute Gasteiger partial charge is 0.251 e. The summed E-state index contributed by atoms with van der Waals surface area (Å²) in [6, 6.07) is 0. The summed E-state index contributed by atoms with van der Waals surface area (Å²) in [6.45, 7) is 0. The van der Waals surface area contributed by atoms with Crippen molar-refractivity contribution in [3.05, 3.63) is 0 Å². The van der Waals surface area contributed by atoms with E-state index in [4.69, 9.17) is 5.26 Å². The van der Waals surface area contributed by atoms with Crippen LogP contribution in [0.15, 0.2) is 0 Å². The molecular formula is CH3BLiN. The molecule has 0 fully saturated rings. The SMILES string of the molecule is [BH3-]C#N.[Li+]. The first-order valence-electron chi connectivity index (χ1n) is 0.224. The molecule has 0 saturated carbocycles. The number of hydrogen-bond acceptors (Lipinski definition) is 1. The largest absolute Gasteiger partial charge is 1.00 e. The van der Waals surface area contributed by atoms with Crippen molar-refractivity contribution in [1.82, 2.24) is 0 Å². The van der Waals surface area contributed by atoms with Crippen LogP contribution in [0.1, 0.15) is 0 Å². The predicted molar refractivity (Wildman–Crippen MR) is 15.6 cm³/mol. The fourth-order valence-electron chi connectivity index (χ4n) is 0. The van der Waals surface area contributed by atoms with Crippen molar-refractivity contribution in [3.8, 4) is 5.97 Å². The molecule has 0 N–H and O–H groups in total. The molecule has 0 heterocycles. The van der Waals surface area contributed by atoms with E-state index in [1.165, 1.54) is 0 Å². The second-order valence-corrected chi connectivity index (χ2v) is 0. The average Bonchev–Trinajstić information content (AvgIpc) is 0.918. The summed E-state index contributed by atoms with van der Waals surface area (Å²) in [5, 5.41) is 7.43. The molecule has 0 aliphatic rings. The summed E-state index contributed by atoms with van der Waals surface area (Å²) in [4.78, 5) is 0. The summed E-state index contributed by atoms with van der Waals surface area (Å²) in [5.41, 5.74) is 0. The van der Waals surface area contributed by atoms with Crippen molar-refractivity contribution in [2.24, 2.45) is 0 Å². The van der Waals surface area contributed by atoms with Gasteiger partial charge in [-0.2, -0.15) is 5.97 Å². The van der Waals surface area contributed by atoms with Gasteiger partial charge in [0.15, 0.2) is 0 Å². The van der Waals surface area contributed by atoms with Gasteiger partial charge in [-0.05, 0) is 0 Å². The quantitative estimate of drug-likeness (QED) is 0.254. The van der Waals surface area contributed by atoms with E-state index in [2.05, 4.69) is 0 Å². The normalized spacial score (nSPS) is 2.00. The second-order valence-electron chi connectivity index (χ2n) is 0. The molecule has 16 valence electrons. The molecule has 4 heavy (non-hydrogen) atoms. The molecule has 0 spiro atoms. The van der Waals surface area contributed by atoms with Crippen LogP contribution < -0.4 is 18.9 Å². The zero-order valence-corrected chi connectivity index (χ0v) is 1.95. The Morgan fingerprint density at radius 1 is 1.75 bits per heavy atom. The molecular weight excluding hydrogens is 43.8 g/mol. The van der Waals surface area contributed by atoms with E-state index >= 15 is 0 Å². The molecule has 0 aromatic rings. The Morgan fingerprint density at radius 3 is 1.75 bits per heavy atom. The van der Waals surface area contributed by atoms with Crippen molar-refractivity contribution >= 4 is 7.85 Å². The fourth-order valence-corrected chi connectivity index (χ4v) is 0. The van der Waals surface area contributed by atoms with Gasteiger partial charge < -0.3 is 0 Å². The van der Waals surface area contributed by atoms with Crippen LogP contribution in [0.4, 0.5) is 0 Å². The van der Waals surface area contributed by atoms with Gasteiger partial charge in [-0.25, -0.2) is 0 Å². The first kappa shape index (κ1) is 8.91. The number of nitrogens with zero attached hydrogens (tertiary/aromatic N) is 1. The van der Waals surface area contributed by atoms with E-state index in [0.29, 0.717) is 0 Å². The monoisotopic (exact) mass is 47.1 g/mol. The molecule has 0 rings (SSSR count). The van der Waals surface area contributed by atoms with Gasteiger partial charge in [0.05, 0.1) is 7.85 Å². The predicted octanol–water partition coefficient (Wildman–Crippen LogP) is -4.16. The molecule has 0 unspecified atom stereocenters. The van der Waals surface area contributed by atoms with E-state index in [1.54, 1.807) is 0 Å². The fraction of sp³-hybridized carbons (Fsp3) is 0. The summed E-state index contributed by atoms with van der Waals surface area (Å²) in [6.07, 6.45) is 0. The van der Waals surface area contributed by atoms with Crippen molar-refractivity contribution < 1.29 is 18.9 Å². The van der Waals surface area contributed by atoms with Crippen LogP contribution >= 0.6 is 0 Å². The van der Waals surface area contributed by atoms with Gasteiger partial charge >= 0.3 is 18.9 Å². The third kappa shape index (κ3) is 123. The molecule has 0 aromatic heterocycles. The Kier molecular flexibility index (Phi) is 24.5. The standard InChI is InChI=1S/CH3BN.Li/c2-1-3;/h2H3;/q-1;+1. The molecule has 0 atom stereocenters. The summed E-state index contributed by atoms with van der Waals surface area (Å²) in [5.74, 6) is 2.00. The van der Waals surface area contributed by atoms with Crippen molar-refractivity contribution in [3.63, 3.8) is 0 Å². The van der Waals surface area contributed by atoms with Crippen LogP contribution in [0.3, 0.4) is 0 Å². The molecule has 0 bridgehead atoms. The summed E-state index contributed by atoms with van der Waals surface area (Å²) < 4.78 is 0. The van der Waals surface area contributed by atoms with Gasteiger partial charge in [-0.1, -0.05) is 0 Å². The number of rotatable bonds is 0. The topological polar surface area (TPSA) is 23.8 Å². The molecule has 3 heteroatoms. The van der Waals surface area contributed by atoms with Crippen LogP contribution in [0, 0.1) is 11.2 Å². The third-order valence-corrected chi connectivity index (χ3v) is 0. The van der Waals surface area contributed by atoms with Crippen LogP contribution in [-0.2, 0) is 0 Å². The first-order valence-corrected chi connectivity index (χ1v) is 0.224. The van der Waals surface area contributed by atoms with Crippen LogP contribution in [0.25, 0.3) is 0 Å². The van der Waals surface area contributed by atoms with E-state index < -0.39 is 0 Å². The maximum atomic E-state index is 7.43. The Morgan fingerprint density at radius 2 is 1.75 bits per heavy atom. The minimum atomic E-state index is 0. The van der Waals surface area contributed by atoms with Crippen LogP contribution in [-0.4, -0.2) is 7.85 Å². The van der Waals surface area contributed by atoms with Gasteiger partial charge in [-0.15, -0.1) is 0 Å². The zero-order chi connectivity index (χ0) is 2.71. The van der Waals surface area contributed by atoms with Crippen molar-refractivity contribution in [2.45, 2.75) is 0 Å². The van der Waals surface area contributed by atoms with E-state index in [1.807, 2.05) is 5.97 Å². The van der Waals surface area contributed by atoms with Crippen molar-refractivity contribution in [2.75, 3.05) is 0 Å². The van der Waals surface area contributed by atoms with Gasteiger partial charge in [0.25, 0.3) is 0 Å². The number of nitriles is 1. The molecule has 0 aliphatic heterocycles. The van der Waals surface area contributed by atoms with E-state index in [-0.39, 0.29) is 26.7 Å². The summed E-state index contributed by atoms with van der Waals surface area (Å²) in [7, 11) is 0.0694. The Bertz CT molecular complexity index is 29.5. The molecule has 0 aromatic carbocycles. The molecule has 0 aliphatic carbocycles. The van der Waals surface area contributed by atoms with Gasteiger partial charge in [-0.3, -0.25) is 5.26 Å². The third-order valence-electron chi connectivity index (χ3n) is 0. The molecule has 0 radical (unpaired) electrons. The second kappa shape index (κ2) is 11.0. The minimum absolute atomic E-state index is 0. The first-order chi connectivity index (χ1) is 1.41. The van der Waals surface area contributed by atoms with Gasteiger partial charge in [0, 0.05) is 0 Å². The molecule has 1 nitrogen and oxygen atoms in total. The maximum Gasteiger partial charge on any atom is 1.00 e. The van der Waals surface area contributed by atoms with Crippen molar-refractivity contribution in [1.29, 1.82) is 5.26 Å². The van der Waals surface area contributed by atoms with E-state index in [9.17, 15) is 0 Å². The van der Waals surface area contributed by atoms with E-state index in [0.717, 1.165) is 0 Å². The number of hydrogen-bond donors (Lipinski definition) is 0. The minimum Gasteiger partial charge on any atom is -0.251 e. The Labute approximate surface area is 38.6 Å². The Balaban J connectivity index is 0. The average molecular weight is 46.8 g/mol. The maximum absolute atomic E-state index is 7.43. The van der Waals surface area contributed by atoms with Crippen LogP contribution in [0.5, 0.6) is 0 Å². The Hall–Kier alpha value is 0.152. The van der Waals surface area contributed by atoms with Crippen LogP contribution in [0.2, 0.25) is 0 Å². The zero-order valence-electron chi connectivity index (χ0n) is 1.95. The molecule has 0 saturated heterocycles. The van der Waals surface area contributed by atoms with Gasteiger partial charge in [0.1, 0.15) is 0 Å². The molecule has 0 amide bonds.